The number of carbonyl (C=O) groups is 1. The number of alkyl halides is 2. The highest BCUT2D eigenvalue weighted by atomic mass is 19.3. The maximum absolute atomic E-state index is 12.7. The maximum atomic E-state index is 12.7. The van der Waals surface area contributed by atoms with E-state index in [0.29, 0.717) is 0 Å². The lowest BCUT2D eigenvalue weighted by Gasteiger charge is -2.23. The van der Waals surface area contributed by atoms with Gasteiger partial charge in [-0.15, -0.1) is 0 Å². The highest BCUT2D eigenvalue weighted by molar-refractivity contribution is 5.76. The van der Waals surface area contributed by atoms with Crippen molar-refractivity contribution in [3.05, 3.63) is 70.6 Å². The molecule has 1 heterocycles. The first-order chi connectivity index (χ1) is 10.6. The first-order valence-electron chi connectivity index (χ1n) is 6.81. The van der Waals surface area contributed by atoms with Crippen molar-refractivity contribution in [2.75, 3.05) is 6.54 Å². The summed E-state index contributed by atoms with van der Waals surface area (Å²) in [6.07, 6.45) is -1.16. The molecular formula is C16H16F2N2O2. The second kappa shape index (κ2) is 7.49. The van der Waals surface area contributed by atoms with Crippen molar-refractivity contribution in [3.8, 4) is 0 Å². The molecular weight excluding hydrogens is 290 g/mol. The minimum Gasteiger partial charge on any atom is -0.331 e. The highest BCUT2D eigenvalue weighted by Gasteiger charge is 2.19. The molecule has 2 rings (SSSR count). The number of rotatable bonds is 6. The van der Waals surface area contributed by atoms with Crippen LogP contribution in [0.2, 0.25) is 0 Å². The Hall–Kier alpha value is -2.50. The molecule has 0 fully saturated rings. The normalized spacial score (nSPS) is 10.7. The lowest BCUT2D eigenvalue weighted by atomic mass is 10.2. The third-order valence-corrected chi connectivity index (χ3v) is 3.13. The Morgan fingerprint density at radius 1 is 1.09 bits per heavy atom. The fraction of sp³-hybridized carbons (Fsp3) is 0.250. The van der Waals surface area contributed by atoms with Gasteiger partial charge in [-0.2, -0.15) is 0 Å². The molecule has 22 heavy (non-hydrogen) atoms. The number of hydrogen-bond donors (Lipinski definition) is 0. The summed E-state index contributed by atoms with van der Waals surface area (Å²) in [7, 11) is 0. The van der Waals surface area contributed by atoms with Gasteiger partial charge < -0.3 is 9.47 Å². The third kappa shape index (κ3) is 4.51. The summed E-state index contributed by atoms with van der Waals surface area (Å²) >= 11 is 0. The van der Waals surface area contributed by atoms with Crippen LogP contribution in [-0.2, 0) is 17.9 Å². The molecule has 0 bridgehead atoms. The lowest BCUT2D eigenvalue weighted by Crippen LogP contribution is -2.38. The van der Waals surface area contributed by atoms with Crippen molar-refractivity contribution in [1.29, 1.82) is 0 Å². The number of halogens is 2. The molecule has 1 amide bonds. The molecule has 6 heteroatoms. The van der Waals surface area contributed by atoms with Gasteiger partial charge in [0.05, 0.1) is 6.54 Å². The van der Waals surface area contributed by atoms with E-state index in [1.807, 2.05) is 6.07 Å². The molecule has 0 saturated heterocycles. The fourth-order valence-corrected chi connectivity index (χ4v) is 2.06. The van der Waals surface area contributed by atoms with Gasteiger partial charge in [0.15, 0.2) is 0 Å². The zero-order valence-corrected chi connectivity index (χ0v) is 11.9. The molecule has 0 aliphatic carbocycles. The van der Waals surface area contributed by atoms with Crippen LogP contribution < -0.4 is 5.56 Å². The largest absolute Gasteiger partial charge is 0.331 e. The van der Waals surface area contributed by atoms with E-state index >= 15 is 0 Å². The Balaban J connectivity index is 2.12. The quantitative estimate of drug-likeness (QED) is 0.820. The van der Waals surface area contributed by atoms with Crippen molar-refractivity contribution >= 4 is 5.91 Å². The van der Waals surface area contributed by atoms with Crippen LogP contribution >= 0.6 is 0 Å². The molecule has 1 aromatic heterocycles. The molecule has 0 radical (unpaired) electrons. The topological polar surface area (TPSA) is 42.3 Å². The molecule has 0 unspecified atom stereocenters. The van der Waals surface area contributed by atoms with Crippen molar-refractivity contribution in [2.45, 2.75) is 19.5 Å². The Morgan fingerprint density at radius 3 is 2.41 bits per heavy atom. The van der Waals surface area contributed by atoms with Crippen LogP contribution in [0.4, 0.5) is 8.78 Å². The van der Waals surface area contributed by atoms with E-state index in [9.17, 15) is 18.4 Å². The van der Waals surface area contributed by atoms with E-state index in [0.717, 1.165) is 10.5 Å². The zero-order chi connectivity index (χ0) is 15.9. The summed E-state index contributed by atoms with van der Waals surface area (Å²) in [6.45, 7) is -0.819. The number of carbonyl (C=O) groups excluding carboxylic acids is 1. The van der Waals surface area contributed by atoms with Crippen LogP contribution in [0.1, 0.15) is 5.56 Å². The number of benzene rings is 1. The number of nitrogens with zero attached hydrogens (tertiary/aromatic N) is 2. The number of amides is 1. The average Bonchev–Trinajstić information content (AvgIpc) is 2.49. The van der Waals surface area contributed by atoms with E-state index < -0.39 is 18.9 Å². The Kier molecular flexibility index (Phi) is 5.41. The van der Waals surface area contributed by atoms with Gasteiger partial charge in [0.1, 0.15) is 6.54 Å². The van der Waals surface area contributed by atoms with E-state index in [2.05, 4.69) is 0 Å². The Bertz CT molecular complexity index is 671. The lowest BCUT2D eigenvalue weighted by molar-refractivity contribution is -0.134. The predicted octanol–water partition coefficient (Wildman–Crippen LogP) is 2.14. The van der Waals surface area contributed by atoms with Gasteiger partial charge in [-0.3, -0.25) is 9.59 Å². The standard InChI is InChI=1S/C16H16F2N2O2/c17-14(18)11-20(10-13-6-2-1-3-7-13)16(22)12-19-9-5-4-8-15(19)21/h1-9,14H,10-12H2. The fourth-order valence-electron chi connectivity index (χ4n) is 2.06. The van der Waals surface area contributed by atoms with Crippen LogP contribution in [0.25, 0.3) is 0 Å². The average molecular weight is 306 g/mol. The molecule has 4 nitrogen and oxygen atoms in total. The van der Waals surface area contributed by atoms with E-state index in [1.165, 1.54) is 16.8 Å². The summed E-state index contributed by atoms with van der Waals surface area (Å²) in [5, 5.41) is 0. The van der Waals surface area contributed by atoms with Crippen molar-refractivity contribution < 1.29 is 13.6 Å². The van der Waals surface area contributed by atoms with Crippen LogP contribution in [0.3, 0.4) is 0 Å². The van der Waals surface area contributed by atoms with Crippen LogP contribution in [0, 0.1) is 0 Å². The van der Waals surface area contributed by atoms with Gasteiger partial charge in [0, 0.05) is 18.8 Å². The van der Waals surface area contributed by atoms with Gasteiger partial charge in [-0.1, -0.05) is 36.4 Å². The van der Waals surface area contributed by atoms with Gasteiger partial charge >= 0.3 is 0 Å². The molecule has 0 aliphatic rings. The third-order valence-electron chi connectivity index (χ3n) is 3.13. The Morgan fingerprint density at radius 2 is 1.77 bits per heavy atom. The summed E-state index contributed by atoms with van der Waals surface area (Å²) < 4.78 is 26.6. The first kappa shape index (κ1) is 15.9. The Labute approximate surface area is 126 Å². The van der Waals surface area contributed by atoms with Crippen molar-refractivity contribution in [3.63, 3.8) is 0 Å². The van der Waals surface area contributed by atoms with Gasteiger partial charge in [0.2, 0.25) is 5.91 Å². The highest BCUT2D eigenvalue weighted by Crippen LogP contribution is 2.08. The molecule has 116 valence electrons. The monoisotopic (exact) mass is 306 g/mol. The van der Waals surface area contributed by atoms with E-state index in [4.69, 9.17) is 0 Å². The second-order valence-electron chi connectivity index (χ2n) is 4.82. The van der Waals surface area contributed by atoms with E-state index in [-0.39, 0.29) is 18.6 Å². The minimum absolute atomic E-state index is 0.0889. The predicted molar refractivity (Wildman–Crippen MR) is 78.6 cm³/mol. The first-order valence-corrected chi connectivity index (χ1v) is 6.81. The maximum Gasteiger partial charge on any atom is 0.255 e. The molecule has 0 atom stereocenters. The molecule has 2 aromatic rings. The van der Waals surface area contributed by atoms with Gasteiger partial charge in [0.25, 0.3) is 12.0 Å². The summed E-state index contributed by atoms with van der Waals surface area (Å²) in [4.78, 5) is 24.9. The van der Waals surface area contributed by atoms with Gasteiger partial charge in [-0.05, 0) is 11.6 Å². The summed E-state index contributed by atoms with van der Waals surface area (Å²) in [5.74, 6) is -0.516. The van der Waals surface area contributed by atoms with Gasteiger partial charge in [-0.25, -0.2) is 8.78 Å². The number of pyridine rings is 1. The SMILES string of the molecule is O=C(Cn1ccccc1=O)N(Cc1ccccc1)CC(F)F. The number of hydrogen-bond acceptors (Lipinski definition) is 2. The van der Waals surface area contributed by atoms with Crippen molar-refractivity contribution in [2.24, 2.45) is 0 Å². The van der Waals surface area contributed by atoms with Crippen molar-refractivity contribution in [1.82, 2.24) is 9.47 Å². The molecule has 0 aliphatic heterocycles. The molecule has 1 aromatic carbocycles. The van der Waals surface area contributed by atoms with E-state index in [1.54, 1.807) is 36.4 Å². The van der Waals surface area contributed by atoms with Crippen LogP contribution in [0.15, 0.2) is 59.5 Å². The summed E-state index contributed by atoms with van der Waals surface area (Å²) in [6, 6.07) is 13.4. The minimum atomic E-state index is -2.62. The van der Waals surface area contributed by atoms with Crippen LogP contribution in [-0.4, -0.2) is 28.3 Å². The van der Waals surface area contributed by atoms with Crippen LogP contribution in [0.5, 0.6) is 0 Å². The number of aromatic nitrogens is 1. The zero-order valence-electron chi connectivity index (χ0n) is 11.9. The molecule has 0 saturated carbocycles. The molecule has 0 N–H and O–H groups in total. The second-order valence-corrected chi connectivity index (χ2v) is 4.82. The smallest absolute Gasteiger partial charge is 0.255 e. The summed E-state index contributed by atoms with van der Waals surface area (Å²) in [5.41, 5.74) is 0.421. The molecule has 0 spiro atoms.